The summed E-state index contributed by atoms with van der Waals surface area (Å²) in [5.41, 5.74) is 2.32. The van der Waals surface area contributed by atoms with Crippen molar-refractivity contribution in [2.75, 3.05) is 5.32 Å². The molecular weight excluding hydrogens is 260 g/mol. The molecule has 0 saturated carbocycles. The van der Waals surface area contributed by atoms with Crippen LogP contribution in [0, 0.1) is 0 Å². The van der Waals surface area contributed by atoms with Gasteiger partial charge in [-0.1, -0.05) is 32.0 Å². The maximum absolute atomic E-state index is 4.68. The fraction of sp³-hybridized carbons (Fsp3) is 0.412. The number of fused-ring (bicyclic) bond motifs is 1. The Balaban J connectivity index is 0.000000774. The number of rotatable bonds is 1. The lowest BCUT2D eigenvalue weighted by Gasteiger charge is -2.21. The van der Waals surface area contributed by atoms with Crippen molar-refractivity contribution in [1.82, 2.24) is 9.55 Å². The SMILES string of the molecule is CC.CC(C)(C)Nc1nccn1C1=Nc2ccccc2C1. The van der Waals surface area contributed by atoms with Crippen LogP contribution in [-0.4, -0.2) is 20.9 Å². The molecule has 0 aliphatic carbocycles. The molecule has 3 rings (SSSR count). The molecule has 0 fully saturated rings. The summed E-state index contributed by atoms with van der Waals surface area (Å²) in [7, 11) is 0. The van der Waals surface area contributed by atoms with Crippen molar-refractivity contribution in [1.29, 1.82) is 0 Å². The van der Waals surface area contributed by atoms with Gasteiger partial charge in [0.25, 0.3) is 0 Å². The molecule has 0 bridgehead atoms. The monoisotopic (exact) mass is 284 g/mol. The number of hydrogen-bond acceptors (Lipinski definition) is 3. The summed E-state index contributed by atoms with van der Waals surface area (Å²) in [5.74, 6) is 1.87. The van der Waals surface area contributed by atoms with Crippen molar-refractivity contribution >= 4 is 17.5 Å². The van der Waals surface area contributed by atoms with Gasteiger partial charge in [0, 0.05) is 24.4 Å². The van der Waals surface area contributed by atoms with E-state index in [9.17, 15) is 0 Å². The number of aromatic nitrogens is 2. The third-order valence-corrected chi connectivity index (χ3v) is 3.00. The Morgan fingerprint density at radius 2 is 1.86 bits per heavy atom. The number of benzene rings is 1. The fourth-order valence-electron chi connectivity index (χ4n) is 2.20. The highest BCUT2D eigenvalue weighted by Crippen LogP contribution is 2.27. The molecule has 4 nitrogen and oxygen atoms in total. The van der Waals surface area contributed by atoms with E-state index in [0.717, 1.165) is 23.9 Å². The van der Waals surface area contributed by atoms with Gasteiger partial charge in [-0.25, -0.2) is 9.98 Å². The molecule has 0 unspecified atom stereocenters. The molecule has 0 amide bonds. The topological polar surface area (TPSA) is 42.2 Å². The highest BCUT2D eigenvalue weighted by molar-refractivity contribution is 5.95. The fourth-order valence-corrected chi connectivity index (χ4v) is 2.20. The van der Waals surface area contributed by atoms with Crippen molar-refractivity contribution in [2.24, 2.45) is 4.99 Å². The summed E-state index contributed by atoms with van der Waals surface area (Å²) in [6.07, 6.45) is 4.61. The highest BCUT2D eigenvalue weighted by Gasteiger charge is 2.19. The Hall–Kier alpha value is -2.10. The number of nitrogens with one attached hydrogen (secondary N) is 1. The Morgan fingerprint density at radius 1 is 1.14 bits per heavy atom. The quantitative estimate of drug-likeness (QED) is 0.850. The summed E-state index contributed by atoms with van der Waals surface area (Å²) < 4.78 is 2.03. The largest absolute Gasteiger partial charge is 0.351 e. The van der Waals surface area contributed by atoms with Gasteiger partial charge in [0.05, 0.1) is 5.69 Å². The molecular formula is C17H24N4. The molecule has 1 aromatic carbocycles. The Morgan fingerprint density at radius 3 is 2.52 bits per heavy atom. The summed E-state index contributed by atoms with van der Waals surface area (Å²) in [5, 5.41) is 3.40. The highest BCUT2D eigenvalue weighted by atomic mass is 15.2. The first kappa shape index (κ1) is 15.3. The van der Waals surface area contributed by atoms with Crippen LogP contribution >= 0.6 is 0 Å². The first-order valence-electron chi connectivity index (χ1n) is 7.50. The Bertz CT molecular complexity index is 632. The van der Waals surface area contributed by atoms with Gasteiger partial charge < -0.3 is 5.32 Å². The van der Waals surface area contributed by atoms with Gasteiger partial charge in [-0.05, 0) is 32.4 Å². The van der Waals surface area contributed by atoms with Gasteiger partial charge in [-0.2, -0.15) is 0 Å². The van der Waals surface area contributed by atoms with E-state index in [1.54, 1.807) is 6.20 Å². The third kappa shape index (κ3) is 3.51. The first-order chi connectivity index (χ1) is 10.0. The predicted octanol–water partition coefficient (Wildman–Crippen LogP) is 4.25. The van der Waals surface area contributed by atoms with Crippen molar-refractivity contribution in [2.45, 2.75) is 46.6 Å². The van der Waals surface area contributed by atoms with Crippen LogP contribution in [0.15, 0.2) is 41.7 Å². The molecule has 1 N–H and O–H groups in total. The number of imidazole rings is 1. The number of nitrogens with zero attached hydrogens (tertiary/aromatic N) is 3. The Labute approximate surface area is 126 Å². The lowest BCUT2D eigenvalue weighted by molar-refractivity contribution is 0.625. The van der Waals surface area contributed by atoms with Crippen molar-refractivity contribution in [3.05, 3.63) is 42.2 Å². The summed E-state index contributed by atoms with van der Waals surface area (Å²) in [4.78, 5) is 9.06. The molecule has 1 aliphatic heterocycles. The average Bonchev–Trinajstić information content (AvgIpc) is 3.04. The average molecular weight is 284 g/mol. The van der Waals surface area contributed by atoms with Crippen LogP contribution < -0.4 is 5.32 Å². The maximum Gasteiger partial charge on any atom is 0.208 e. The lowest BCUT2D eigenvalue weighted by atomic mass is 10.1. The van der Waals surface area contributed by atoms with E-state index in [0.29, 0.717) is 0 Å². The zero-order valence-electron chi connectivity index (χ0n) is 13.5. The van der Waals surface area contributed by atoms with Gasteiger partial charge >= 0.3 is 0 Å². The number of anilines is 1. The number of para-hydroxylation sites is 1. The molecule has 0 spiro atoms. The summed E-state index contributed by atoms with van der Waals surface area (Å²) in [6, 6.07) is 8.25. The minimum Gasteiger partial charge on any atom is -0.351 e. The lowest BCUT2D eigenvalue weighted by Crippen LogP contribution is -2.29. The van der Waals surface area contributed by atoms with Crippen LogP contribution in [0.4, 0.5) is 11.6 Å². The van der Waals surface area contributed by atoms with Crippen molar-refractivity contribution in [3.8, 4) is 0 Å². The van der Waals surface area contributed by atoms with Crippen LogP contribution in [0.1, 0.15) is 40.2 Å². The standard InChI is InChI=1S/C15H18N4.C2H6/c1-15(2,3)18-14-16-8-9-19(14)13-10-11-6-4-5-7-12(11)17-13;1-2/h4-9H,10H2,1-3H3,(H,16,18);1-2H3. The molecule has 21 heavy (non-hydrogen) atoms. The number of hydrogen-bond donors (Lipinski definition) is 1. The predicted molar refractivity (Wildman–Crippen MR) is 89.6 cm³/mol. The van der Waals surface area contributed by atoms with Crippen molar-refractivity contribution in [3.63, 3.8) is 0 Å². The van der Waals surface area contributed by atoms with E-state index in [1.807, 2.05) is 30.7 Å². The molecule has 0 atom stereocenters. The zero-order valence-corrected chi connectivity index (χ0v) is 13.5. The minimum atomic E-state index is -0.0187. The third-order valence-electron chi connectivity index (χ3n) is 3.00. The maximum atomic E-state index is 4.68. The van der Waals surface area contributed by atoms with E-state index < -0.39 is 0 Å². The van der Waals surface area contributed by atoms with E-state index in [1.165, 1.54) is 5.56 Å². The van der Waals surface area contributed by atoms with Gasteiger partial charge in [0.2, 0.25) is 5.95 Å². The minimum absolute atomic E-state index is 0.0187. The molecule has 2 aromatic rings. The summed E-state index contributed by atoms with van der Waals surface area (Å²) in [6.45, 7) is 10.4. The molecule has 112 valence electrons. The number of aliphatic imine (C=N–C) groups is 1. The van der Waals surface area contributed by atoms with E-state index >= 15 is 0 Å². The van der Waals surface area contributed by atoms with Gasteiger partial charge in [0.15, 0.2) is 0 Å². The van der Waals surface area contributed by atoms with E-state index in [2.05, 4.69) is 54.3 Å². The van der Waals surface area contributed by atoms with Crippen LogP contribution in [0.25, 0.3) is 0 Å². The van der Waals surface area contributed by atoms with E-state index in [4.69, 9.17) is 0 Å². The first-order valence-corrected chi connectivity index (χ1v) is 7.50. The van der Waals surface area contributed by atoms with Crippen LogP contribution in [0.2, 0.25) is 0 Å². The normalized spacial score (nSPS) is 13.1. The molecule has 0 saturated heterocycles. The molecule has 1 aliphatic rings. The smallest absolute Gasteiger partial charge is 0.208 e. The van der Waals surface area contributed by atoms with Crippen LogP contribution in [-0.2, 0) is 6.42 Å². The second kappa shape index (κ2) is 6.12. The zero-order chi connectivity index (χ0) is 15.5. The van der Waals surface area contributed by atoms with Gasteiger partial charge in [-0.3, -0.25) is 4.57 Å². The van der Waals surface area contributed by atoms with Gasteiger partial charge in [-0.15, -0.1) is 0 Å². The second-order valence-electron chi connectivity index (χ2n) is 5.83. The molecule has 0 radical (unpaired) electrons. The molecule has 4 heteroatoms. The van der Waals surface area contributed by atoms with E-state index in [-0.39, 0.29) is 5.54 Å². The van der Waals surface area contributed by atoms with Crippen molar-refractivity contribution < 1.29 is 0 Å². The summed E-state index contributed by atoms with van der Waals surface area (Å²) >= 11 is 0. The van der Waals surface area contributed by atoms with Crippen LogP contribution in [0.3, 0.4) is 0 Å². The van der Waals surface area contributed by atoms with Crippen LogP contribution in [0.5, 0.6) is 0 Å². The van der Waals surface area contributed by atoms with Gasteiger partial charge in [0.1, 0.15) is 5.84 Å². The molecule has 2 heterocycles. The second-order valence-corrected chi connectivity index (χ2v) is 5.83. The Kier molecular flexibility index (Phi) is 4.46. The molecule has 1 aromatic heterocycles.